The lowest BCUT2D eigenvalue weighted by atomic mass is 10.2. The van der Waals surface area contributed by atoms with Crippen LogP contribution in [-0.2, 0) is 0 Å². The van der Waals surface area contributed by atoms with Gasteiger partial charge in [0.25, 0.3) is 0 Å². The summed E-state index contributed by atoms with van der Waals surface area (Å²) < 4.78 is 0. The molecule has 0 aliphatic heterocycles. The maximum absolute atomic E-state index is 3.24. The van der Waals surface area contributed by atoms with Crippen LogP contribution in [0.2, 0.25) is 0 Å². The van der Waals surface area contributed by atoms with Crippen molar-refractivity contribution in [3.8, 4) is 0 Å². The zero-order valence-corrected chi connectivity index (χ0v) is 8.45. The summed E-state index contributed by atoms with van der Waals surface area (Å²) in [5.41, 5.74) is 0. The fourth-order valence-corrected chi connectivity index (χ4v) is 2.82. The Bertz CT molecular complexity index is 267. The molecule has 0 saturated heterocycles. The summed E-state index contributed by atoms with van der Waals surface area (Å²) in [5.74, 6) is 1.78. The standard InChI is InChI=1S/C10H15NS/c1-7-3-4-10(12-7)9-5-8(9)6-11-2/h3-4,8-9,11H,5-6H2,1-2H3. The fraction of sp³-hybridized carbons (Fsp3) is 0.600. The first-order chi connectivity index (χ1) is 5.81. The molecule has 1 aliphatic carbocycles. The summed E-state index contributed by atoms with van der Waals surface area (Å²) in [7, 11) is 2.04. The first-order valence-corrected chi connectivity index (χ1v) is 5.34. The predicted molar refractivity (Wildman–Crippen MR) is 53.8 cm³/mol. The smallest absolute Gasteiger partial charge is 0.00823 e. The van der Waals surface area contributed by atoms with Gasteiger partial charge in [0.15, 0.2) is 0 Å². The summed E-state index contributed by atoms with van der Waals surface area (Å²) >= 11 is 1.96. The lowest BCUT2D eigenvalue weighted by Crippen LogP contribution is -2.09. The summed E-state index contributed by atoms with van der Waals surface area (Å²) in [5, 5.41) is 3.24. The third kappa shape index (κ3) is 1.54. The summed E-state index contributed by atoms with van der Waals surface area (Å²) in [6.45, 7) is 3.37. The minimum atomic E-state index is 0.871. The first-order valence-electron chi connectivity index (χ1n) is 4.52. The van der Waals surface area contributed by atoms with Gasteiger partial charge in [-0.05, 0) is 50.9 Å². The van der Waals surface area contributed by atoms with Crippen molar-refractivity contribution in [3.05, 3.63) is 21.9 Å². The van der Waals surface area contributed by atoms with Crippen molar-refractivity contribution in [1.82, 2.24) is 5.32 Å². The molecule has 2 rings (SSSR count). The minimum absolute atomic E-state index is 0.871. The monoisotopic (exact) mass is 181 g/mol. The molecule has 0 spiro atoms. The van der Waals surface area contributed by atoms with E-state index in [0.717, 1.165) is 11.8 Å². The molecular formula is C10H15NS. The van der Waals surface area contributed by atoms with Crippen molar-refractivity contribution < 1.29 is 0 Å². The molecule has 66 valence electrons. The highest BCUT2D eigenvalue weighted by atomic mass is 32.1. The van der Waals surface area contributed by atoms with E-state index in [1.807, 2.05) is 18.4 Å². The van der Waals surface area contributed by atoms with Crippen molar-refractivity contribution in [2.45, 2.75) is 19.3 Å². The van der Waals surface area contributed by atoms with Crippen LogP contribution in [0.1, 0.15) is 22.1 Å². The van der Waals surface area contributed by atoms with E-state index in [1.165, 1.54) is 17.8 Å². The quantitative estimate of drug-likeness (QED) is 0.755. The van der Waals surface area contributed by atoms with Crippen LogP contribution >= 0.6 is 11.3 Å². The molecule has 1 nitrogen and oxygen atoms in total. The highest BCUT2D eigenvalue weighted by Crippen LogP contribution is 2.49. The molecular weight excluding hydrogens is 166 g/mol. The van der Waals surface area contributed by atoms with E-state index in [9.17, 15) is 0 Å². The van der Waals surface area contributed by atoms with Crippen LogP contribution in [0.4, 0.5) is 0 Å². The molecule has 2 heteroatoms. The van der Waals surface area contributed by atoms with E-state index >= 15 is 0 Å². The number of nitrogens with one attached hydrogen (secondary N) is 1. The highest BCUT2D eigenvalue weighted by molar-refractivity contribution is 7.12. The molecule has 12 heavy (non-hydrogen) atoms. The average Bonchev–Trinajstić information content (AvgIpc) is 2.67. The van der Waals surface area contributed by atoms with Crippen LogP contribution < -0.4 is 5.32 Å². The molecule has 1 heterocycles. The second-order valence-electron chi connectivity index (χ2n) is 3.61. The second kappa shape index (κ2) is 3.19. The van der Waals surface area contributed by atoms with E-state index in [4.69, 9.17) is 0 Å². The zero-order valence-electron chi connectivity index (χ0n) is 7.63. The maximum atomic E-state index is 3.24. The van der Waals surface area contributed by atoms with Crippen LogP contribution in [0, 0.1) is 12.8 Å². The second-order valence-corrected chi connectivity index (χ2v) is 4.93. The SMILES string of the molecule is CNCC1CC1c1ccc(C)s1. The summed E-state index contributed by atoms with van der Waals surface area (Å²) in [6.07, 6.45) is 1.39. The van der Waals surface area contributed by atoms with E-state index in [-0.39, 0.29) is 0 Å². The molecule has 1 aliphatic rings. The van der Waals surface area contributed by atoms with Gasteiger partial charge in [-0.3, -0.25) is 0 Å². The van der Waals surface area contributed by atoms with Gasteiger partial charge in [-0.1, -0.05) is 0 Å². The largest absolute Gasteiger partial charge is 0.319 e. The van der Waals surface area contributed by atoms with Crippen LogP contribution in [-0.4, -0.2) is 13.6 Å². The van der Waals surface area contributed by atoms with Gasteiger partial charge < -0.3 is 5.32 Å². The van der Waals surface area contributed by atoms with Gasteiger partial charge >= 0.3 is 0 Å². The lowest BCUT2D eigenvalue weighted by molar-refractivity contribution is 0.700. The molecule has 2 atom stereocenters. The van der Waals surface area contributed by atoms with Gasteiger partial charge in [0, 0.05) is 9.75 Å². The van der Waals surface area contributed by atoms with E-state index in [0.29, 0.717) is 0 Å². The Kier molecular flexibility index (Phi) is 2.20. The van der Waals surface area contributed by atoms with Crippen molar-refractivity contribution in [3.63, 3.8) is 0 Å². The third-order valence-electron chi connectivity index (χ3n) is 2.52. The van der Waals surface area contributed by atoms with Crippen LogP contribution in [0.15, 0.2) is 12.1 Å². The average molecular weight is 181 g/mol. The van der Waals surface area contributed by atoms with Crippen molar-refractivity contribution in [2.24, 2.45) is 5.92 Å². The Morgan fingerprint density at radius 2 is 2.42 bits per heavy atom. The molecule has 1 N–H and O–H groups in total. The van der Waals surface area contributed by atoms with E-state index in [2.05, 4.69) is 24.4 Å². The first kappa shape index (κ1) is 8.27. The van der Waals surface area contributed by atoms with Crippen LogP contribution in [0.25, 0.3) is 0 Å². The summed E-state index contributed by atoms with van der Waals surface area (Å²) in [6, 6.07) is 4.52. The number of hydrogen-bond acceptors (Lipinski definition) is 2. The minimum Gasteiger partial charge on any atom is -0.319 e. The highest BCUT2D eigenvalue weighted by Gasteiger charge is 2.38. The molecule has 2 unspecified atom stereocenters. The fourth-order valence-electron chi connectivity index (χ4n) is 1.74. The molecule has 0 amide bonds. The summed E-state index contributed by atoms with van der Waals surface area (Å²) in [4.78, 5) is 3.04. The van der Waals surface area contributed by atoms with Gasteiger partial charge in [0.2, 0.25) is 0 Å². The van der Waals surface area contributed by atoms with Gasteiger partial charge in [-0.25, -0.2) is 0 Å². The Hall–Kier alpha value is -0.340. The molecule has 0 radical (unpaired) electrons. The van der Waals surface area contributed by atoms with Crippen molar-refractivity contribution in [2.75, 3.05) is 13.6 Å². The maximum Gasteiger partial charge on any atom is 0.00823 e. The molecule has 1 aromatic heterocycles. The van der Waals surface area contributed by atoms with Gasteiger partial charge in [0.05, 0.1) is 0 Å². The Labute approximate surface area is 77.8 Å². The Morgan fingerprint density at radius 3 is 3.00 bits per heavy atom. The van der Waals surface area contributed by atoms with Gasteiger partial charge in [0.1, 0.15) is 0 Å². The van der Waals surface area contributed by atoms with Crippen LogP contribution in [0.5, 0.6) is 0 Å². The third-order valence-corrected chi connectivity index (χ3v) is 3.65. The van der Waals surface area contributed by atoms with E-state index < -0.39 is 0 Å². The Morgan fingerprint density at radius 1 is 1.58 bits per heavy atom. The Balaban J connectivity index is 1.96. The lowest BCUT2D eigenvalue weighted by Gasteiger charge is -1.95. The van der Waals surface area contributed by atoms with E-state index in [1.54, 1.807) is 4.88 Å². The van der Waals surface area contributed by atoms with Crippen molar-refractivity contribution >= 4 is 11.3 Å². The molecule has 0 bridgehead atoms. The number of hydrogen-bond donors (Lipinski definition) is 1. The number of thiophene rings is 1. The molecule has 1 aromatic rings. The normalized spacial score (nSPS) is 27.5. The van der Waals surface area contributed by atoms with Gasteiger partial charge in [-0.15, -0.1) is 11.3 Å². The van der Waals surface area contributed by atoms with Crippen molar-refractivity contribution in [1.29, 1.82) is 0 Å². The zero-order chi connectivity index (χ0) is 8.55. The topological polar surface area (TPSA) is 12.0 Å². The predicted octanol–water partition coefficient (Wildman–Crippen LogP) is 2.38. The molecule has 0 aromatic carbocycles. The number of rotatable bonds is 3. The van der Waals surface area contributed by atoms with Gasteiger partial charge in [-0.2, -0.15) is 0 Å². The van der Waals surface area contributed by atoms with Crippen LogP contribution in [0.3, 0.4) is 0 Å². The number of aryl methyl sites for hydroxylation is 1. The molecule has 1 saturated carbocycles. The molecule has 1 fully saturated rings.